The van der Waals surface area contributed by atoms with Crippen LogP contribution in [0.25, 0.3) is 11.3 Å². The fraction of sp³-hybridized carbons (Fsp3) is 0.0625. The molecule has 0 aliphatic heterocycles. The second-order valence-corrected chi connectivity index (χ2v) is 5.90. The van der Waals surface area contributed by atoms with Crippen molar-refractivity contribution in [2.75, 3.05) is 5.32 Å². The molecule has 0 spiro atoms. The minimum atomic E-state index is -1.01. The number of thiophene rings is 1. The highest BCUT2D eigenvalue weighted by atomic mass is 32.1. The first-order chi connectivity index (χ1) is 11.0. The summed E-state index contributed by atoms with van der Waals surface area (Å²) in [6.45, 7) is 1.97. The standard InChI is InChI=1S/C16H11F2N3OS/c1-9-5-10(8-23-9)14-13(3-2-4-19-14)21-16(22)15-12(18)6-11(17)7-20-15/h2-8H,1H3,(H,21,22). The summed E-state index contributed by atoms with van der Waals surface area (Å²) >= 11 is 1.56. The topological polar surface area (TPSA) is 54.9 Å². The van der Waals surface area contributed by atoms with Crippen LogP contribution in [0.5, 0.6) is 0 Å². The molecule has 0 saturated heterocycles. The molecule has 0 aliphatic carbocycles. The highest BCUT2D eigenvalue weighted by molar-refractivity contribution is 7.10. The Morgan fingerprint density at radius 3 is 2.78 bits per heavy atom. The molecule has 3 rings (SSSR count). The van der Waals surface area contributed by atoms with Gasteiger partial charge in [0.25, 0.3) is 5.91 Å². The van der Waals surface area contributed by atoms with Gasteiger partial charge in [0, 0.05) is 28.1 Å². The zero-order chi connectivity index (χ0) is 16.4. The zero-order valence-electron chi connectivity index (χ0n) is 12.0. The van der Waals surface area contributed by atoms with E-state index < -0.39 is 23.2 Å². The summed E-state index contributed by atoms with van der Waals surface area (Å²) in [6.07, 6.45) is 2.40. The molecule has 0 radical (unpaired) electrons. The minimum absolute atomic E-state index is 0.431. The zero-order valence-corrected chi connectivity index (χ0v) is 12.8. The molecule has 1 N–H and O–H groups in total. The van der Waals surface area contributed by atoms with E-state index in [1.165, 1.54) is 0 Å². The number of carbonyl (C=O) groups is 1. The van der Waals surface area contributed by atoms with Crippen molar-refractivity contribution in [3.8, 4) is 11.3 Å². The van der Waals surface area contributed by atoms with Crippen LogP contribution in [0.1, 0.15) is 15.4 Å². The fourth-order valence-electron chi connectivity index (χ4n) is 2.07. The summed E-state index contributed by atoms with van der Waals surface area (Å²) in [5.41, 5.74) is 1.40. The quantitative estimate of drug-likeness (QED) is 0.788. The maximum atomic E-state index is 13.7. The first-order valence-electron chi connectivity index (χ1n) is 6.67. The molecule has 0 saturated carbocycles. The molecular weight excluding hydrogens is 320 g/mol. The first-order valence-corrected chi connectivity index (χ1v) is 7.55. The number of pyridine rings is 2. The molecule has 3 aromatic rings. The summed E-state index contributed by atoms with van der Waals surface area (Å²) in [6, 6.07) is 5.88. The molecule has 0 unspecified atom stereocenters. The third-order valence-electron chi connectivity index (χ3n) is 3.08. The Balaban J connectivity index is 1.93. The van der Waals surface area contributed by atoms with Gasteiger partial charge < -0.3 is 5.32 Å². The molecule has 3 aromatic heterocycles. The van der Waals surface area contributed by atoms with E-state index in [1.54, 1.807) is 29.7 Å². The van der Waals surface area contributed by atoms with Crippen LogP contribution in [-0.4, -0.2) is 15.9 Å². The number of halogens is 2. The first kappa shape index (κ1) is 15.2. The number of hydrogen-bond acceptors (Lipinski definition) is 4. The van der Waals surface area contributed by atoms with E-state index in [0.717, 1.165) is 16.6 Å². The molecule has 0 aliphatic rings. The predicted octanol–water partition coefficient (Wildman–Crippen LogP) is 4.04. The van der Waals surface area contributed by atoms with Crippen LogP contribution < -0.4 is 5.32 Å². The van der Waals surface area contributed by atoms with Crippen molar-refractivity contribution in [1.29, 1.82) is 0 Å². The molecule has 3 heterocycles. The fourth-order valence-corrected chi connectivity index (χ4v) is 2.75. The number of aromatic nitrogens is 2. The Hall–Kier alpha value is -2.67. The summed E-state index contributed by atoms with van der Waals surface area (Å²) in [7, 11) is 0. The average Bonchev–Trinajstić information content (AvgIpc) is 2.94. The number of nitrogens with one attached hydrogen (secondary N) is 1. The van der Waals surface area contributed by atoms with E-state index in [-0.39, 0.29) is 0 Å². The number of aryl methyl sites for hydroxylation is 1. The van der Waals surface area contributed by atoms with Gasteiger partial charge >= 0.3 is 0 Å². The second kappa shape index (κ2) is 6.21. The molecule has 4 nitrogen and oxygen atoms in total. The van der Waals surface area contributed by atoms with Crippen LogP contribution in [0.15, 0.2) is 42.0 Å². The maximum Gasteiger partial charge on any atom is 0.277 e. The highest BCUT2D eigenvalue weighted by Crippen LogP contribution is 2.29. The highest BCUT2D eigenvalue weighted by Gasteiger charge is 2.17. The van der Waals surface area contributed by atoms with Crippen molar-refractivity contribution < 1.29 is 13.6 Å². The lowest BCUT2D eigenvalue weighted by Crippen LogP contribution is -2.16. The van der Waals surface area contributed by atoms with E-state index >= 15 is 0 Å². The Morgan fingerprint density at radius 2 is 2.09 bits per heavy atom. The number of rotatable bonds is 3. The van der Waals surface area contributed by atoms with Gasteiger partial charge in [-0.05, 0) is 25.1 Å². The van der Waals surface area contributed by atoms with Crippen LogP contribution >= 0.6 is 11.3 Å². The lowest BCUT2D eigenvalue weighted by molar-refractivity contribution is 0.101. The molecule has 0 aromatic carbocycles. The molecule has 0 atom stereocenters. The van der Waals surface area contributed by atoms with Gasteiger partial charge in [0.05, 0.1) is 17.6 Å². The SMILES string of the molecule is Cc1cc(-c2ncccc2NC(=O)c2ncc(F)cc2F)cs1. The third kappa shape index (κ3) is 3.24. The van der Waals surface area contributed by atoms with Gasteiger partial charge in [0.15, 0.2) is 11.5 Å². The van der Waals surface area contributed by atoms with Crippen LogP contribution in [-0.2, 0) is 0 Å². The van der Waals surface area contributed by atoms with E-state index in [9.17, 15) is 13.6 Å². The third-order valence-corrected chi connectivity index (χ3v) is 3.94. The van der Waals surface area contributed by atoms with Gasteiger partial charge in [0.2, 0.25) is 0 Å². The average molecular weight is 331 g/mol. The second-order valence-electron chi connectivity index (χ2n) is 4.78. The largest absolute Gasteiger partial charge is 0.319 e. The lowest BCUT2D eigenvalue weighted by Gasteiger charge is -2.09. The normalized spacial score (nSPS) is 10.6. The number of hydrogen-bond donors (Lipinski definition) is 1. The number of carbonyl (C=O) groups excluding carboxylic acids is 1. The summed E-state index contributed by atoms with van der Waals surface area (Å²) < 4.78 is 26.5. The van der Waals surface area contributed by atoms with Crippen LogP contribution in [0.2, 0.25) is 0 Å². The Morgan fingerprint density at radius 1 is 1.26 bits per heavy atom. The van der Waals surface area contributed by atoms with Crippen molar-refractivity contribution in [3.05, 3.63) is 64.2 Å². The maximum absolute atomic E-state index is 13.7. The predicted molar refractivity (Wildman–Crippen MR) is 84.4 cm³/mol. The molecule has 7 heteroatoms. The van der Waals surface area contributed by atoms with E-state index in [1.807, 2.05) is 18.4 Å². The Labute approximate surface area is 134 Å². The molecule has 0 bridgehead atoms. The summed E-state index contributed by atoms with van der Waals surface area (Å²) in [5, 5.41) is 4.49. The molecule has 0 fully saturated rings. The van der Waals surface area contributed by atoms with Crippen molar-refractivity contribution in [3.63, 3.8) is 0 Å². The van der Waals surface area contributed by atoms with Crippen molar-refractivity contribution in [2.24, 2.45) is 0 Å². The van der Waals surface area contributed by atoms with Gasteiger partial charge in [-0.2, -0.15) is 0 Å². The van der Waals surface area contributed by atoms with E-state index in [2.05, 4.69) is 15.3 Å². The van der Waals surface area contributed by atoms with Crippen LogP contribution in [0.4, 0.5) is 14.5 Å². The van der Waals surface area contributed by atoms with Crippen molar-refractivity contribution in [2.45, 2.75) is 6.92 Å². The van der Waals surface area contributed by atoms with Gasteiger partial charge in [-0.25, -0.2) is 13.8 Å². The number of anilines is 1. The molecule has 116 valence electrons. The Bertz CT molecular complexity index is 879. The Kier molecular flexibility index (Phi) is 4.12. The van der Waals surface area contributed by atoms with E-state index in [4.69, 9.17) is 0 Å². The minimum Gasteiger partial charge on any atom is -0.319 e. The molecular formula is C16H11F2N3OS. The lowest BCUT2D eigenvalue weighted by atomic mass is 10.1. The number of amides is 1. The van der Waals surface area contributed by atoms with Crippen molar-refractivity contribution >= 4 is 22.9 Å². The van der Waals surface area contributed by atoms with Gasteiger partial charge in [-0.3, -0.25) is 9.78 Å². The van der Waals surface area contributed by atoms with Crippen LogP contribution in [0, 0.1) is 18.6 Å². The number of nitrogens with zero attached hydrogens (tertiary/aromatic N) is 2. The van der Waals surface area contributed by atoms with Crippen LogP contribution in [0.3, 0.4) is 0 Å². The summed E-state index contributed by atoms with van der Waals surface area (Å²) in [5.74, 6) is -2.61. The smallest absolute Gasteiger partial charge is 0.277 e. The van der Waals surface area contributed by atoms with Gasteiger partial charge in [-0.1, -0.05) is 0 Å². The molecule has 23 heavy (non-hydrogen) atoms. The van der Waals surface area contributed by atoms with Gasteiger partial charge in [-0.15, -0.1) is 11.3 Å². The monoisotopic (exact) mass is 331 g/mol. The van der Waals surface area contributed by atoms with Gasteiger partial charge in [0.1, 0.15) is 5.82 Å². The van der Waals surface area contributed by atoms with E-state index in [0.29, 0.717) is 17.4 Å². The molecule has 1 amide bonds. The van der Waals surface area contributed by atoms with Crippen molar-refractivity contribution in [1.82, 2.24) is 9.97 Å². The summed E-state index contributed by atoms with van der Waals surface area (Å²) in [4.78, 5) is 21.0.